The predicted octanol–water partition coefficient (Wildman–Crippen LogP) is 4.00. The van der Waals surface area contributed by atoms with Crippen LogP contribution in [0.15, 0.2) is 64.3 Å². The van der Waals surface area contributed by atoms with E-state index >= 15 is 0 Å². The van der Waals surface area contributed by atoms with Crippen LogP contribution in [0.2, 0.25) is 0 Å². The molecule has 2 amide bonds. The SMILES string of the molecule is C=C[C@@]1(C(=O)OCC=C(C)C)[C@@H](C#CC(=O)O)CS[C@@H]2[C@H](CNC(=O)/C(=N\OC/C=N/OCc3ccc(OC)cc3)c3csc(NC(=O)OC(C)(C)C)n3)C(O)N21. The number of benzene rings is 1. The zero-order valence-corrected chi connectivity index (χ0v) is 34.0. The van der Waals surface area contributed by atoms with Crippen molar-refractivity contribution in [1.29, 1.82) is 0 Å². The summed E-state index contributed by atoms with van der Waals surface area (Å²) in [6.07, 6.45) is 2.31. The highest BCUT2D eigenvalue weighted by atomic mass is 32.2. The number of methoxy groups -OCH3 is 1. The van der Waals surface area contributed by atoms with E-state index < -0.39 is 58.5 Å². The third-order valence-corrected chi connectivity index (χ3v) is 10.5. The number of thioether (sulfide) groups is 1. The zero-order chi connectivity index (χ0) is 41.8. The lowest BCUT2D eigenvalue weighted by Gasteiger charge is -2.62. The maximum absolute atomic E-state index is 13.7. The Morgan fingerprint density at radius 3 is 2.54 bits per heavy atom. The van der Waals surface area contributed by atoms with E-state index in [9.17, 15) is 29.4 Å². The molecule has 19 heteroatoms. The number of anilines is 1. The lowest BCUT2D eigenvalue weighted by Crippen LogP contribution is -2.78. The topological polar surface area (TPSA) is 220 Å². The molecule has 1 aromatic carbocycles. The Kier molecular flexibility index (Phi) is 15.6. The fraction of sp³-hybridized carbons (Fsp3) is 0.447. The van der Waals surface area contributed by atoms with Gasteiger partial charge in [-0.05, 0) is 58.4 Å². The van der Waals surface area contributed by atoms with Crippen LogP contribution >= 0.6 is 23.1 Å². The number of ether oxygens (including phenoxy) is 3. The fourth-order valence-electron chi connectivity index (χ4n) is 5.61. The molecule has 1 aromatic heterocycles. The van der Waals surface area contributed by atoms with Crippen LogP contribution in [0.5, 0.6) is 5.75 Å². The van der Waals surface area contributed by atoms with E-state index in [0.29, 0.717) is 5.75 Å². The number of thiazole rings is 1. The molecule has 5 atom stereocenters. The number of nitrogens with one attached hydrogen (secondary N) is 2. The van der Waals surface area contributed by atoms with Crippen molar-refractivity contribution in [3.63, 3.8) is 0 Å². The maximum Gasteiger partial charge on any atom is 0.413 e. The number of fused-ring (bicyclic) bond motifs is 1. The second-order valence-electron chi connectivity index (χ2n) is 13.8. The first kappa shape index (κ1) is 44.3. The van der Waals surface area contributed by atoms with E-state index in [0.717, 1.165) is 22.5 Å². The summed E-state index contributed by atoms with van der Waals surface area (Å²) >= 11 is 2.37. The summed E-state index contributed by atoms with van der Waals surface area (Å²) in [6, 6.07) is 7.25. The quantitative estimate of drug-likeness (QED) is 0.0470. The first-order chi connectivity index (χ1) is 27.1. The van der Waals surface area contributed by atoms with Gasteiger partial charge in [0.05, 0.1) is 24.6 Å². The van der Waals surface area contributed by atoms with Crippen molar-refractivity contribution >= 4 is 64.1 Å². The number of esters is 1. The van der Waals surface area contributed by atoms with Gasteiger partial charge in [0.25, 0.3) is 5.91 Å². The summed E-state index contributed by atoms with van der Waals surface area (Å²) in [5.41, 5.74) is -0.829. The van der Waals surface area contributed by atoms with Crippen molar-refractivity contribution in [1.82, 2.24) is 15.2 Å². The average molecular weight is 827 g/mol. The van der Waals surface area contributed by atoms with Crippen LogP contribution in [-0.4, -0.2) is 111 Å². The molecule has 1 unspecified atom stereocenters. The van der Waals surface area contributed by atoms with Crippen molar-refractivity contribution in [3.05, 3.63) is 65.2 Å². The minimum Gasteiger partial charge on any atom is -0.497 e. The molecule has 0 spiro atoms. The number of aliphatic hydroxyl groups is 1. The van der Waals surface area contributed by atoms with Crippen molar-refractivity contribution in [3.8, 4) is 17.6 Å². The molecule has 0 aliphatic carbocycles. The lowest BCUT2D eigenvalue weighted by molar-refractivity contribution is -0.209. The molecule has 17 nitrogen and oxygen atoms in total. The molecule has 0 radical (unpaired) electrons. The van der Waals surface area contributed by atoms with Crippen LogP contribution in [0.25, 0.3) is 0 Å². The summed E-state index contributed by atoms with van der Waals surface area (Å²) in [5, 5.41) is 35.0. The van der Waals surface area contributed by atoms with Gasteiger partial charge in [0.2, 0.25) is 0 Å². The maximum atomic E-state index is 13.7. The standard InChI is InChI=1S/C38H46N6O11S2/c1-8-38(34(49)52-17-15-23(2)3)25(11-14-29(45)46)21-56-33-27(32(48)44(33)38)19-39-31(47)30(28-22-57-35(41-28)42-36(50)55-37(4,5)6)43-53-18-16-40-54-20-24-9-12-26(51-7)13-10-24/h8-10,12-13,15-16,22,25,27,32-33,48H,1,17-21H2,2-7H3,(H,39,47)(H,45,46)(H,41,42,50)/b40-16+,43-30-/t25-,27+,32?,33+,38-/m0/s1. The first-order valence-corrected chi connectivity index (χ1v) is 19.5. The second kappa shape index (κ2) is 20.1. The number of carboxylic acids is 1. The number of amides is 2. The van der Waals surface area contributed by atoms with Crippen LogP contribution < -0.4 is 15.4 Å². The molecule has 2 aliphatic rings. The van der Waals surface area contributed by atoms with Gasteiger partial charge in [-0.15, -0.1) is 29.7 Å². The van der Waals surface area contributed by atoms with E-state index in [1.165, 1.54) is 34.3 Å². The third kappa shape index (κ3) is 11.8. The molecule has 4 N–H and O–H groups in total. The Morgan fingerprint density at radius 2 is 1.89 bits per heavy atom. The van der Waals surface area contributed by atoms with Gasteiger partial charge < -0.3 is 39.4 Å². The van der Waals surface area contributed by atoms with E-state index in [2.05, 4.69) is 44.3 Å². The number of allylic oxidation sites excluding steroid dienone is 1. The molecule has 3 heterocycles. The molecule has 2 aliphatic heterocycles. The number of aliphatic carboxylic acids is 1. The summed E-state index contributed by atoms with van der Waals surface area (Å²) < 4.78 is 16.0. The first-order valence-electron chi connectivity index (χ1n) is 17.6. The average Bonchev–Trinajstić information content (AvgIpc) is 3.61. The van der Waals surface area contributed by atoms with Gasteiger partial charge in [0.1, 0.15) is 36.5 Å². The highest BCUT2D eigenvalue weighted by molar-refractivity contribution is 8.00. The number of carboxylic acid groups (broad SMARTS) is 1. The Labute approximate surface area is 338 Å². The van der Waals surface area contributed by atoms with Crippen molar-refractivity contribution in [2.45, 2.75) is 64.0 Å². The number of rotatable bonds is 16. The highest BCUT2D eigenvalue weighted by Crippen LogP contribution is 2.51. The minimum atomic E-state index is -1.67. The minimum absolute atomic E-state index is 0.0462. The molecule has 4 rings (SSSR count). The van der Waals surface area contributed by atoms with Gasteiger partial charge in [-0.3, -0.25) is 10.1 Å². The normalized spacial score (nSPS) is 21.7. The van der Waals surface area contributed by atoms with Crippen LogP contribution in [0.3, 0.4) is 0 Å². The van der Waals surface area contributed by atoms with E-state index in [-0.39, 0.29) is 48.7 Å². The molecule has 0 bridgehead atoms. The summed E-state index contributed by atoms with van der Waals surface area (Å²) in [4.78, 5) is 67.6. The number of hydrogen-bond donors (Lipinski definition) is 4. The fourth-order valence-corrected chi connectivity index (χ4v) is 7.96. The molecule has 2 fully saturated rings. The van der Waals surface area contributed by atoms with Crippen LogP contribution in [0, 0.1) is 23.7 Å². The van der Waals surface area contributed by atoms with Crippen molar-refractivity contribution in [2.75, 3.05) is 37.9 Å². The molecule has 2 aromatic rings. The van der Waals surface area contributed by atoms with Crippen LogP contribution in [-0.2, 0) is 40.1 Å². The number of carbonyl (C=O) groups excluding carboxylic acids is 3. The number of aromatic nitrogens is 1. The summed E-state index contributed by atoms with van der Waals surface area (Å²) in [5.74, 6) is 1.34. The number of carbonyl (C=O) groups is 4. The smallest absolute Gasteiger partial charge is 0.413 e. The molecule has 306 valence electrons. The van der Waals surface area contributed by atoms with E-state index in [4.69, 9.17) is 23.9 Å². The second-order valence-corrected chi connectivity index (χ2v) is 15.8. The number of aliphatic hydroxyl groups excluding tert-OH is 1. The Balaban J connectivity index is 1.48. The van der Waals surface area contributed by atoms with Gasteiger partial charge in [-0.2, -0.15) is 0 Å². The van der Waals surface area contributed by atoms with Gasteiger partial charge >= 0.3 is 18.0 Å². The van der Waals surface area contributed by atoms with Gasteiger partial charge in [-0.1, -0.05) is 40.0 Å². The molecular formula is C38H46N6O11S2. The Hall–Kier alpha value is -5.42. The molecule has 0 saturated carbocycles. The Bertz CT molecular complexity index is 1930. The predicted molar refractivity (Wildman–Crippen MR) is 214 cm³/mol. The van der Waals surface area contributed by atoms with Gasteiger partial charge in [0, 0.05) is 29.5 Å². The largest absolute Gasteiger partial charge is 0.497 e. The Morgan fingerprint density at radius 1 is 1.16 bits per heavy atom. The van der Waals surface area contributed by atoms with Crippen LogP contribution in [0.1, 0.15) is 45.9 Å². The zero-order valence-electron chi connectivity index (χ0n) is 32.3. The summed E-state index contributed by atoms with van der Waals surface area (Å²) in [6.45, 7) is 12.6. The van der Waals surface area contributed by atoms with E-state index in [1.807, 2.05) is 26.0 Å². The third-order valence-electron chi connectivity index (χ3n) is 8.31. The number of nitrogens with zero attached hydrogens (tertiary/aromatic N) is 4. The van der Waals surface area contributed by atoms with Gasteiger partial charge in [-0.25, -0.2) is 24.3 Å². The summed E-state index contributed by atoms with van der Waals surface area (Å²) in [7, 11) is 1.57. The number of hydrogen-bond acceptors (Lipinski definition) is 16. The van der Waals surface area contributed by atoms with Crippen LogP contribution in [0.4, 0.5) is 9.93 Å². The number of oxime groups is 2. The van der Waals surface area contributed by atoms with Crippen molar-refractivity contribution in [2.24, 2.45) is 22.1 Å². The van der Waals surface area contributed by atoms with E-state index in [1.54, 1.807) is 46.1 Å². The van der Waals surface area contributed by atoms with Gasteiger partial charge in [0.15, 0.2) is 23.0 Å². The molecular weight excluding hydrogens is 781 g/mol. The lowest BCUT2D eigenvalue weighted by atomic mass is 9.77. The monoisotopic (exact) mass is 826 g/mol. The molecule has 57 heavy (non-hydrogen) atoms. The van der Waals surface area contributed by atoms with Crippen molar-refractivity contribution < 1.29 is 53.3 Å². The molecule has 2 saturated heterocycles. The highest BCUT2D eigenvalue weighted by Gasteiger charge is 2.65.